The van der Waals surface area contributed by atoms with Crippen LogP contribution in [0.2, 0.25) is 0 Å². The summed E-state index contributed by atoms with van der Waals surface area (Å²) < 4.78 is 74.8. The number of halogens is 6. The third-order valence-corrected chi connectivity index (χ3v) is 3.11. The summed E-state index contributed by atoms with van der Waals surface area (Å²) in [6.07, 6.45) is -11.1. The van der Waals surface area contributed by atoms with Crippen molar-refractivity contribution >= 4 is 0 Å². The summed E-state index contributed by atoms with van der Waals surface area (Å²) in [4.78, 5) is 0. The van der Waals surface area contributed by atoms with Gasteiger partial charge in [0.1, 0.15) is 0 Å². The molecule has 1 nitrogen and oxygen atoms in total. The minimum Gasteiger partial charge on any atom is -0.198 e. The van der Waals surface area contributed by atoms with Crippen LogP contribution in [0.3, 0.4) is 0 Å². The molecule has 0 N–H and O–H groups in total. The second-order valence-corrected chi connectivity index (χ2v) is 4.41. The Bertz CT molecular complexity index is 277. The van der Waals surface area contributed by atoms with Crippen LogP contribution < -0.4 is 0 Å². The van der Waals surface area contributed by atoms with E-state index in [-0.39, 0.29) is 19.3 Å². The van der Waals surface area contributed by atoms with Crippen LogP contribution in [-0.2, 0) is 0 Å². The zero-order chi connectivity index (χ0) is 13.3. The van der Waals surface area contributed by atoms with Crippen molar-refractivity contribution in [3.05, 3.63) is 0 Å². The van der Waals surface area contributed by atoms with Crippen molar-refractivity contribution in [3.8, 4) is 6.07 Å². The predicted octanol–water partition coefficient (Wildman–Crippen LogP) is 4.06. The van der Waals surface area contributed by atoms with Crippen LogP contribution in [0, 0.1) is 29.1 Å². The van der Waals surface area contributed by atoms with E-state index < -0.39 is 36.5 Å². The van der Waals surface area contributed by atoms with Gasteiger partial charge in [-0.1, -0.05) is 0 Å². The second-order valence-electron chi connectivity index (χ2n) is 4.41. The summed E-state index contributed by atoms with van der Waals surface area (Å²) in [5.74, 6) is -4.70. The van der Waals surface area contributed by atoms with Crippen molar-refractivity contribution in [3.63, 3.8) is 0 Å². The number of rotatable bonds is 1. The lowest BCUT2D eigenvalue weighted by molar-refractivity contribution is -0.228. The maximum Gasteiger partial charge on any atom is 0.391 e. The maximum absolute atomic E-state index is 12.5. The molecule has 0 aromatic rings. The third-order valence-electron chi connectivity index (χ3n) is 3.11. The fraction of sp³-hybridized carbons (Fsp3) is 0.900. The first-order valence-electron chi connectivity index (χ1n) is 5.15. The van der Waals surface area contributed by atoms with Crippen molar-refractivity contribution in [2.75, 3.05) is 0 Å². The molecule has 1 fully saturated rings. The smallest absolute Gasteiger partial charge is 0.198 e. The van der Waals surface area contributed by atoms with Crippen LogP contribution in [0.15, 0.2) is 0 Å². The molecule has 1 aliphatic rings. The molecule has 0 aromatic heterocycles. The van der Waals surface area contributed by atoms with E-state index in [0.29, 0.717) is 0 Å². The molecule has 7 heteroatoms. The van der Waals surface area contributed by atoms with Gasteiger partial charge < -0.3 is 0 Å². The Balaban J connectivity index is 2.81. The molecule has 17 heavy (non-hydrogen) atoms. The van der Waals surface area contributed by atoms with Gasteiger partial charge in [0, 0.05) is 6.42 Å². The highest BCUT2D eigenvalue weighted by atomic mass is 19.4. The number of nitriles is 1. The van der Waals surface area contributed by atoms with Gasteiger partial charge in [0.2, 0.25) is 0 Å². The highest BCUT2D eigenvalue weighted by Crippen LogP contribution is 2.48. The first-order valence-corrected chi connectivity index (χ1v) is 5.15. The molecule has 0 aromatic carbocycles. The number of hydrogen-bond acceptors (Lipinski definition) is 1. The Labute approximate surface area is 94.4 Å². The number of alkyl halides is 6. The van der Waals surface area contributed by atoms with Gasteiger partial charge >= 0.3 is 12.4 Å². The minimum absolute atomic E-state index is 0.251. The van der Waals surface area contributed by atoms with E-state index in [1.165, 1.54) is 0 Å². The van der Waals surface area contributed by atoms with Crippen molar-refractivity contribution in [2.24, 2.45) is 17.8 Å². The molecule has 2 unspecified atom stereocenters. The van der Waals surface area contributed by atoms with Crippen molar-refractivity contribution in [1.29, 1.82) is 5.26 Å². The largest absolute Gasteiger partial charge is 0.391 e. The van der Waals surface area contributed by atoms with Gasteiger partial charge in [-0.05, 0) is 25.2 Å². The van der Waals surface area contributed by atoms with E-state index in [0.717, 1.165) is 0 Å². The highest BCUT2D eigenvalue weighted by molar-refractivity contribution is 4.89. The number of hydrogen-bond donors (Lipinski definition) is 0. The van der Waals surface area contributed by atoms with Gasteiger partial charge in [-0.2, -0.15) is 31.6 Å². The summed E-state index contributed by atoms with van der Waals surface area (Å²) >= 11 is 0. The molecule has 0 bridgehead atoms. The van der Waals surface area contributed by atoms with Gasteiger partial charge in [-0.3, -0.25) is 0 Å². The van der Waals surface area contributed by atoms with Gasteiger partial charge in [-0.25, -0.2) is 0 Å². The van der Waals surface area contributed by atoms with Crippen LogP contribution in [0.25, 0.3) is 0 Å². The lowest BCUT2D eigenvalue weighted by Gasteiger charge is -2.35. The Morgan fingerprint density at radius 2 is 1.29 bits per heavy atom. The van der Waals surface area contributed by atoms with E-state index in [1.807, 2.05) is 0 Å². The van der Waals surface area contributed by atoms with E-state index in [2.05, 4.69) is 0 Å². The van der Waals surface area contributed by atoms with E-state index in [1.54, 1.807) is 6.07 Å². The van der Waals surface area contributed by atoms with E-state index in [9.17, 15) is 26.3 Å². The quantitative estimate of drug-likeness (QED) is 0.651. The van der Waals surface area contributed by atoms with Gasteiger partial charge in [0.25, 0.3) is 0 Å². The number of nitrogens with zero attached hydrogens (tertiary/aromatic N) is 1. The molecule has 1 aliphatic carbocycles. The highest BCUT2D eigenvalue weighted by Gasteiger charge is 2.51. The summed E-state index contributed by atoms with van der Waals surface area (Å²) in [5.41, 5.74) is 0. The van der Waals surface area contributed by atoms with Crippen LogP contribution in [0.5, 0.6) is 0 Å². The molecule has 0 saturated heterocycles. The summed E-state index contributed by atoms with van der Waals surface area (Å²) in [6.45, 7) is 0. The van der Waals surface area contributed by atoms with Crippen LogP contribution in [-0.4, -0.2) is 12.4 Å². The standard InChI is InChI=1S/C10H11F6N/c11-9(12,13)7-3-6(1-2-17)4-8(5-7)10(14,15)16/h6-8H,1,3-5H2. The summed E-state index contributed by atoms with van der Waals surface area (Å²) in [5, 5.41) is 8.38. The van der Waals surface area contributed by atoms with Crippen LogP contribution in [0.4, 0.5) is 26.3 Å². The average molecular weight is 259 g/mol. The third kappa shape index (κ3) is 3.79. The zero-order valence-corrected chi connectivity index (χ0v) is 8.78. The van der Waals surface area contributed by atoms with Crippen molar-refractivity contribution < 1.29 is 26.3 Å². The van der Waals surface area contributed by atoms with Gasteiger partial charge in [-0.15, -0.1) is 0 Å². The Kier molecular flexibility index (Phi) is 3.95. The molecular weight excluding hydrogens is 248 g/mol. The molecule has 2 atom stereocenters. The van der Waals surface area contributed by atoms with Gasteiger partial charge in [0.05, 0.1) is 17.9 Å². The van der Waals surface area contributed by atoms with Crippen molar-refractivity contribution in [1.82, 2.24) is 0 Å². The fourth-order valence-electron chi connectivity index (χ4n) is 2.27. The first-order chi connectivity index (χ1) is 7.64. The van der Waals surface area contributed by atoms with E-state index in [4.69, 9.17) is 5.26 Å². The lowest BCUT2D eigenvalue weighted by atomic mass is 9.73. The molecule has 0 amide bonds. The monoisotopic (exact) mass is 259 g/mol. The topological polar surface area (TPSA) is 23.8 Å². The summed E-state index contributed by atoms with van der Waals surface area (Å²) in [7, 11) is 0. The van der Waals surface area contributed by atoms with Crippen molar-refractivity contribution in [2.45, 2.75) is 38.0 Å². The predicted molar refractivity (Wildman–Crippen MR) is 46.7 cm³/mol. The molecular formula is C10H11F6N. The first kappa shape index (κ1) is 14.1. The molecule has 0 aliphatic heterocycles. The Morgan fingerprint density at radius 3 is 1.59 bits per heavy atom. The zero-order valence-electron chi connectivity index (χ0n) is 8.78. The fourth-order valence-corrected chi connectivity index (χ4v) is 2.27. The molecule has 0 spiro atoms. The normalized spacial score (nSPS) is 31.0. The molecule has 0 heterocycles. The maximum atomic E-state index is 12.5. The second kappa shape index (κ2) is 4.75. The van der Waals surface area contributed by atoms with E-state index >= 15 is 0 Å². The Morgan fingerprint density at radius 1 is 0.882 bits per heavy atom. The molecule has 98 valence electrons. The van der Waals surface area contributed by atoms with Gasteiger partial charge in [0.15, 0.2) is 0 Å². The molecule has 0 radical (unpaired) electrons. The lowest BCUT2D eigenvalue weighted by Crippen LogP contribution is -2.38. The SMILES string of the molecule is N#CCC1CC(C(F)(F)F)CC(C(F)(F)F)C1. The summed E-state index contributed by atoms with van der Waals surface area (Å²) in [6, 6.07) is 1.65. The van der Waals surface area contributed by atoms with Crippen LogP contribution >= 0.6 is 0 Å². The minimum atomic E-state index is -4.61. The average Bonchev–Trinajstić information content (AvgIpc) is 2.15. The molecule has 1 saturated carbocycles. The Hall–Kier alpha value is -0.930. The molecule has 1 rings (SSSR count). The van der Waals surface area contributed by atoms with Crippen LogP contribution in [0.1, 0.15) is 25.7 Å².